The number of fused-ring (bicyclic) bond motifs is 2. The van der Waals surface area contributed by atoms with Crippen LogP contribution in [0.15, 0.2) is 88.2 Å². The summed E-state index contributed by atoms with van der Waals surface area (Å²) in [4.78, 5) is 28.0. The maximum absolute atomic E-state index is 13.3. The number of carbonyl (C=O) groups excluding carboxylic acids is 2. The summed E-state index contributed by atoms with van der Waals surface area (Å²) in [6.07, 6.45) is 0.0784. The van der Waals surface area contributed by atoms with Crippen molar-refractivity contribution in [3.8, 4) is 5.75 Å². The van der Waals surface area contributed by atoms with Crippen LogP contribution in [0.1, 0.15) is 42.9 Å². The van der Waals surface area contributed by atoms with E-state index in [0.29, 0.717) is 17.0 Å². The van der Waals surface area contributed by atoms with Gasteiger partial charge in [0.2, 0.25) is 5.91 Å². The molecule has 0 aliphatic carbocycles. The standard InChI is InChI=1S/C32H29N3O5S/c1-19(2)26-17-27(33-31-25-10-6-7-11-29(25)41(38,39)34-31)20(3)14-28(26)40-32(37)23-16-30(36)35(18-23)24-13-12-21-8-4-5-9-22(21)15-24/h4-15,17,19,23H,16,18H2,1-3H3,(H,33,34). The van der Waals surface area contributed by atoms with Crippen molar-refractivity contribution in [3.05, 3.63) is 95.6 Å². The lowest BCUT2D eigenvalue weighted by atomic mass is 9.98. The van der Waals surface area contributed by atoms with Crippen LogP contribution in [0.5, 0.6) is 5.75 Å². The van der Waals surface area contributed by atoms with Gasteiger partial charge in [0.15, 0.2) is 5.84 Å². The molecule has 8 nitrogen and oxygen atoms in total. The minimum absolute atomic E-state index is 0.000191. The van der Waals surface area contributed by atoms with E-state index in [4.69, 9.17) is 4.74 Å². The van der Waals surface area contributed by atoms with E-state index in [1.807, 2.05) is 69.3 Å². The summed E-state index contributed by atoms with van der Waals surface area (Å²) >= 11 is 0. The van der Waals surface area contributed by atoms with Crippen molar-refractivity contribution in [3.63, 3.8) is 0 Å². The Balaban J connectivity index is 1.22. The van der Waals surface area contributed by atoms with Crippen molar-refractivity contribution in [2.45, 2.75) is 38.0 Å². The molecule has 2 aliphatic heterocycles. The Hall–Kier alpha value is -4.50. The van der Waals surface area contributed by atoms with Gasteiger partial charge in [-0.2, -0.15) is 8.42 Å². The number of ether oxygens (including phenoxy) is 1. The van der Waals surface area contributed by atoms with Crippen LogP contribution in [0.25, 0.3) is 10.8 Å². The molecule has 1 unspecified atom stereocenters. The Morgan fingerprint density at radius 3 is 2.51 bits per heavy atom. The highest BCUT2D eigenvalue weighted by Crippen LogP contribution is 2.36. The molecule has 1 N–H and O–H groups in total. The second kappa shape index (κ2) is 10.2. The SMILES string of the molecule is Cc1cc(OC(=O)C2CC(=O)N(c3ccc4ccccc4c3)C2)c(C(C)C)cc1NC1=NS(=O)(=O)c2ccccc21. The van der Waals surface area contributed by atoms with Crippen LogP contribution in [0.3, 0.4) is 0 Å². The number of nitrogens with zero attached hydrogens (tertiary/aromatic N) is 2. The molecular weight excluding hydrogens is 538 g/mol. The monoisotopic (exact) mass is 567 g/mol. The third-order valence-electron chi connectivity index (χ3n) is 7.58. The van der Waals surface area contributed by atoms with Gasteiger partial charge in [-0.3, -0.25) is 9.59 Å². The number of sulfonamides is 1. The van der Waals surface area contributed by atoms with E-state index in [9.17, 15) is 18.0 Å². The Morgan fingerprint density at radius 2 is 1.73 bits per heavy atom. The first-order valence-electron chi connectivity index (χ1n) is 13.5. The molecule has 1 fully saturated rings. The van der Waals surface area contributed by atoms with Gasteiger partial charge in [-0.25, -0.2) is 0 Å². The number of anilines is 2. The molecule has 1 saturated heterocycles. The summed E-state index contributed by atoms with van der Waals surface area (Å²) < 4.78 is 34.8. The summed E-state index contributed by atoms with van der Waals surface area (Å²) in [7, 11) is -3.76. The maximum atomic E-state index is 13.3. The largest absolute Gasteiger partial charge is 0.426 e. The molecule has 2 aliphatic rings. The van der Waals surface area contributed by atoms with Crippen molar-refractivity contribution in [2.75, 3.05) is 16.8 Å². The van der Waals surface area contributed by atoms with Gasteiger partial charge < -0.3 is 15.0 Å². The summed E-state index contributed by atoms with van der Waals surface area (Å²) in [6, 6.07) is 24.1. The molecule has 9 heteroatoms. The molecule has 0 aromatic heterocycles. The molecule has 6 rings (SSSR count). The third kappa shape index (κ3) is 4.97. The number of nitrogens with one attached hydrogen (secondary N) is 1. The van der Waals surface area contributed by atoms with Crippen molar-refractivity contribution in [1.82, 2.24) is 0 Å². The summed E-state index contributed by atoms with van der Waals surface area (Å²) in [6.45, 7) is 6.07. The van der Waals surface area contributed by atoms with Crippen molar-refractivity contribution in [1.29, 1.82) is 0 Å². The van der Waals surface area contributed by atoms with Gasteiger partial charge in [0.1, 0.15) is 10.6 Å². The van der Waals surface area contributed by atoms with E-state index < -0.39 is 21.9 Å². The van der Waals surface area contributed by atoms with Gasteiger partial charge >= 0.3 is 5.97 Å². The number of benzene rings is 4. The van der Waals surface area contributed by atoms with Crippen molar-refractivity contribution in [2.24, 2.45) is 10.3 Å². The lowest BCUT2D eigenvalue weighted by molar-refractivity contribution is -0.139. The van der Waals surface area contributed by atoms with E-state index in [2.05, 4.69) is 9.71 Å². The van der Waals surface area contributed by atoms with E-state index in [1.165, 1.54) is 6.07 Å². The normalized spacial score (nSPS) is 17.6. The minimum atomic E-state index is -3.76. The van der Waals surface area contributed by atoms with Crippen LogP contribution in [0.2, 0.25) is 0 Å². The lowest BCUT2D eigenvalue weighted by Crippen LogP contribution is -2.27. The topological polar surface area (TPSA) is 105 Å². The fourth-order valence-electron chi connectivity index (χ4n) is 5.35. The molecule has 0 bridgehead atoms. The molecule has 0 saturated carbocycles. The fraction of sp³-hybridized carbons (Fsp3) is 0.219. The number of amidine groups is 1. The second-order valence-electron chi connectivity index (χ2n) is 10.8. The fourth-order valence-corrected chi connectivity index (χ4v) is 6.52. The van der Waals surface area contributed by atoms with E-state index >= 15 is 0 Å². The highest BCUT2D eigenvalue weighted by molar-refractivity contribution is 7.90. The first-order chi connectivity index (χ1) is 19.6. The van der Waals surface area contributed by atoms with E-state index in [1.54, 1.807) is 29.2 Å². The van der Waals surface area contributed by atoms with Crippen molar-refractivity contribution >= 4 is 49.9 Å². The summed E-state index contributed by atoms with van der Waals surface area (Å²) in [5.74, 6) is -0.493. The number of hydrogen-bond donors (Lipinski definition) is 1. The smallest absolute Gasteiger partial charge is 0.316 e. The zero-order chi connectivity index (χ0) is 28.9. The molecule has 0 radical (unpaired) electrons. The van der Waals surface area contributed by atoms with Gasteiger partial charge in [-0.05, 0) is 71.1 Å². The molecule has 2 heterocycles. The van der Waals surface area contributed by atoms with E-state index in [-0.39, 0.29) is 35.5 Å². The second-order valence-corrected chi connectivity index (χ2v) is 12.3. The van der Waals surface area contributed by atoms with Gasteiger partial charge in [0.25, 0.3) is 10.0 Å². The Kier molecular flexibility index (Phi) is 6.62. The van der Waals surface area contributed by atoms with E-state index in [0.717, 1.165) is 27.6 Å². The number of carbonyl (C=O) groups is 2. The van der Waals surface area contributed by atoms with Crippen LogP contribution >= 0.6 is 0 Å². The summed E-state index contributed by atoms with van der Waals surface area (Å²) in [5.41, 5.74) is 3.46. The zero-order valence-corrected chi connectivity index (χ0v) is 23.7. The number of hydrogen-bond acceptors (Lipinski definition) is 6. The number of rotatable bonds is 5. The van der Waals surface area contributed by atoms with Gasteiger partial charge in [0, 0.05) is 29.9 Å². The van der Waals surface area contributed by atoms with Crippen LogP contribution in [0.4, 0.5) is 11.4 Å². The molecule has 41 heavy (non-hydrogen) atoms. The predicted octanol–water partition coefficient (Wildman–Crippen LogP) is 5.79. The number of esters is 1. The first-order valence-corrected chi connectivity index (χ1v) is 14.9. The zero-order valence-electron chi connectivity index (χ0n) is 22.9. The summed E-state index contributed by atoms with van der Waals surface area (Å²) in [5, 5.41) is 5.28. The van der Waals surface area contributed by atoms with Crippen LogP contribution < -0.4 is 15.0 Å². The third-order valence-corrected chi connectivity index (χ3v) is 8.91. The highest BCUT2D eigenvalue weighted by atomic mass is 32.2. The van der Waals surface area contributed by atoms with Gasteiger partial charge in [0.05, 0.1) is 5.92 Å². The van der Waals surface area contributed by atoms with Gasteiger partial charge in [-0.15, -0.1) is 4.40 Å². The Bertz CT molecular complexity index is 1860. The molecule has 4 aromatic rings. The van der Waals surface area contributed by atoms with Crippen LogP contribution in [-0.2, 0) is 19.6 Å². The highest BCUT2D eigenvalue weighted by Gasteiger charge is 2.37. The molecule has 1 atom stereocenters. The molecule has 208 valence electrons. The van der Waals surface area contributed by atoms with Gasteiger partial charge in [-0.1, -0.05) is 56.3 Å². The molecule has 1 amide bonds. The number of aryl methyl sites for hydroxylation is 1. The average molecular weight is 568 g/mol. The molecule has 4 aromatic carbocycles. The van der Waals surface area contributed by atoms with Crippen molar-refractivity contribution < 1.29 is 22.7 Å². The quantitative estimate of drug-likeness (QED) is 0.242. The lowest BCUT2D eigenvalue weighted by Gasteiger charge is -2.19. The van der Waals surface area contributed by atoms with Crippen LogP contribution in [-0.4, -0.2) is 32.7 Å². The Morgan fingerprint density at radius 1 is 1.00 bits per heavy atom. The maximum Gasteiger partial charge on any atom is 0.316 e. The predicted molar refractivity (Wildman–Crippen MR) is 159 cm³/mol. The molecule has 0 spiro atoms. The average Bonchev–Trinajstić information content (AvgIpc) is 3.46. The van der Waals surface area contributed by atoms with Crippen LogP contribution in [0, 0.1) is 12.8 Å². The Labute approximate surface area is 238 Å². The number of amides is 1. The first kappa shape index (κ1) is 26.7. The minimum Gasteiger partial charge on any atom is -0.426 e. The molecular formula is C32H29N3O5S.